The molecule has 0 radical (unpaired) electrons. The van der Waals surface area contributed by atoms with Gasteiger partial charge in [-0.05, 0) is 24.6 Å². The Kier molecular flexibility index (Phi) is 4.97. The van der Waals surface area contributed by atoms with Crippen LogP contribution in [-0.2, 0) is 0 Å². The number of amides is 1. The summed E-state index contributed by atoms with van der Waals surface area (Å²) in [6.45, 7) is 3.87. The molecule has 0 fully saturated rings. The van der Waals surface area contributed by atoms with Crippen molar-refractivity contribution in [1.82, 2.24) is 5.32 Å². The van der Waals surface area contributed by atoms with Gasteiger partial charge in [-0.15, -0.1) is 0 Å². The fraction of sp³-hybridized carbons (Fsp3) is 0.333. The van der Waals surface area contributed by atoms with Crippen molar-refractivity contribution in [1.29, 1.82) is 0 Å². The number of carbonyl (C=O) groups is 1. The molecular formula is C12H16ClN3O2. The van der Waals surface area contributed by atoms with E-state index in [2.05, 4.69) is 10.5 Å². The molecule has 1 aromatic rings. The predicted molar refractivity (Wildman–Crippen MR) is 71.1 cm³/mol. The van der Waals surface area contributed by atoms with Crippen molar-refractivity contribution in [3.8, 4) is 0 Å². The molecule has 4 N–H and O–H groups in total. The van der Waals surface area contributed by atoms with Gasteiger partial charge in [-0.2, -0.15) is 0 Å². The summed E-state index contributed by atoms with van der Waals surface area (Å²) in [7, 11) is 0. The number of nitrogens with one attached hydrogen (secondary N) is 1. The van der Waals surface area contributed by atoms with Gasteiger partial charge in [0.2, 0.25) is 0 Å². The first-order chi connectivity index (χ1) is 8.45. The Hall–Kier alpha value is -1.75. The number of oxime groups is 1. The van der Waals surface area contributed by atoms with Crippen LogP contribution in [0.5, 0.6) is 0 Å². The monoisotopic (exact) mass is 269 g/mol. The van der Waals surface area contributed by atoms with Crippen molar-refractivity contribution in [3.05, 3.63) is 34.3 Å². The molecule has 18 heavy (non-hydrogen) atoms. The van der Waals surface area contributed by atoms with Gasteiger partial charge < -0.3 is 16.3 Å². The Balaban J connectivity index is 2.69. The van der Waals surface area contributed by atoms with Crippen LogP contribution in [0.25, 0.3) is 0 Å². The molecule has 0 aliphatic carbocycles. The SMILES string of the molecule is Cc1ccc(Cl)cc1C(=O)NCC(C)/C(N)=N/O. The van der Waals surface area contributed by atoms with E-state index in [1.807, 2.05) is 6.92 Å². The number of nitrogens with zero attached hydrogens (tertiary/aromatic N) is 1. The molecule has 6 heteroatoms. The quantitative estimate of drug-likeness (QED) is 0.337. The maximum atomic E-state index is 11.9. The van der Waals surface area contributed by atoms with Gasteiger partial charge in [0.1, 0.15) is 5.84 Å². The van der Waals surface area contributed by atoms with Gasteiger partial charge in [-0.3, -0.25) is 4.79 Å². The van der Waals surface area contributed by atoms with E-state index in [4.69, 9.17) is 22.5 Å². The summed E-state index contributed by atoms with van der Waals surface area (Å²) in [5.74, 6) is -0.385. The summed E-state index contributed by atoms with van der Waals surface area (Å²) in [5, 5.41) is 14.6. The minimum atomic E-state index is -0.238. The zero-order valence-electron chi connectivity index (χ0n) is 10.3. The fourth-order valence-electron chi connectivity index (χ4n) is 1.38. The van der Waals surface area contributed by atoms with Crippen LogP contribution in [0.4, 0.5) is 0 Å². The molecule has 0 saturated carbocycles. The van der Waals surface area contributed by atoms with Gasteiger partial charge in [0.15, 0.2) is 0 Å². The van der Waals surface area contributed by atoms with Crippen LogP contribution in [0.15, 0.2) is 23.4 Å². The molecule has 1 rings (SSSR count). The summed E-state index contributed by atoms with van der Waals surface area (Å²) in [5.41, 5.74) is 6.79. The number of rotatable bonds is 4. The highest BCUT2D eigenvalue weighted by molar-refractivity contribution is 6.31. The minimum absolute atomic E-state index is 0.0816. The Morgan fingerprint density at radius 1 is 1.61 bits per heavy atom. The zero-order valence-corrected chi connectivity index (χ0v) is 11.0. The summed E-state index contributed by atoms with van der Waals surface area (Å²) in [4.78, 5) is 11.9. The smallest absolute Gasteiger partial charge is 0.251 e. The third-order valence-corrected chi connectivity index (χ3v) is 2.87. The largest absolute Gasteiger partial charge is 0.409 e. The lowest BCUT2D eigenvalue weighted by atomic mass is 10.1. The van der Waals surface area contributed by atoms with Crippen LogP contribution in [0.2, 0.25) is 5.02 Å². The van der Waals surface area contributed by atoms with Crippen molar-refractivity contribution in [2.45, 2.75) is 13.8 Å². The Bertz CT molecular complexity index is 474. The molecule has 1 atom stereocenters. The van der Waals surface area contributed by atoms with Gasteiger partial charge in [-0.25, -0.2) is 0 Å². The molecule has 0 bridgehead atoms. The molecule has 0 saturated heterocycles. The van der Waals surface area contributed by atoms with Crippen LogP contribution >= 0.6 is 11.6 Å². The van der Waals surface area contributed by atoms with Crippen molar-refractivity contribution in [2.24, 2.45) is 16.8 Å². The third-order valence-electron chi connectivity index (χ3n) is 2.63. The molecular weight excluding hydrogens is 254 g/mol. The number of benzene rings is 1. The van der Waals surface area contributed by atoms with Gasteiger partial charge in [0.25, 0.3) is 5.91 Å². The molecule has 5 nitrogen and oxygen atoms in total. The van der Waals surface area contributed by atoms with Gasteiger partial charge in [0, 0.05) is 23.0 Å². The summed E-state index contributed by atoms with van der Waals surface area (Å²) < 4.78 is 0. The van der Waals surface area contributed by atoms with E-state index in [0.717, 1.165) is 5.56 Å². The second kappa shape index (κ2) is 6.26. The van der Waals surface area contributed by atoms with E-state index in [9.17, 15) is 4.79 Å². The Labute approximate surface area is 111 Å². The molecule has 98 valence electrons. The number of aryl methyl sites for hydroxylation is 1. The Morgan fingerprint density at radius 2 is 2.28 bits per heavy atom. The molecule has 1 aromatic carbocycles. The average Bonchev–Trinajstić information content (AvgIpc) is 2.37. The number of halogens is 1. The standard InChI is InChI=1S/C12H16ClN3O2/c1-7-3-4-9(13)5-10(7)12(17)15-6-8(2)11(14)16-18/h3-5,8,18H,6H2,1-2H3,(H2,14,16)(H,15,17). The van der Waals surface area contributed by atoms with Gasteiger partial charge in [-0.1, -0.05) is 29.7 Å². The van der Waals surface area contributed by atoms with Crippen molar-refractivity contribution in [2.75, 3.05) is 6.54 Å². The number of carbonyl (C=O) groups excluding carboxylic acids is 1. The summed E-state index contributed by atoms with van der Waals surface area (Å²) in [6, 6.07) is 5.12. The summed E-state index contributed by atoms with van der Waals surface area (Å²) >= 11 is 5.84. The molecule has 0 aliphatic heterocycles. The van der Waals surface area contributed by atoms with Crippen LogP contribution in [-0.4, -0.2) is 23.5 Å². The maximum Gasteiger partial charge on any atom is 0.251 e. The van der Waals surface area contributed by atoms with E-state index >= 15 is 0 Å². The first-order valence-corrected chi connectivity index (χ1v) is 5.85. The molecule has 0 heterocycles. The van der Waals surface area contributed by atoms with Crippen LogP contribution in [0.1, 0.15) is 22.8 Å². The topological polar surface area (TPSA) is 87.7 Å². The first-order valence-electron chi connectivity index (χ1n) is 5.47. The maximum absolute atomic E-state index is 11.9. The van der Waals surface area contributed by atoms with E-state index in [1.54, 1.807) is 25.1 Å². The van der Waals surface area contributed by atoms with E-state index in [0.29, 0.717) is 17.1 Å². The highest BCUT2D eigenvalue weighted by Crippen LogP contribution is 2.15. The molecule has 0 aromatic heterocycles. The minimum Gasteiger partial charge on any atom is -0.409 e. The lowest BCUT2D eigenvalue weighted by Gasteiger charge is -2.12. The second-order valence-corrected chi connectivity index (χ2v) is 4.53. The normalized spacial score (nSPS) is 13.2. The van der Waals surface area contributed by atoms with Gasteiger partial charge in [0.05, 0.1) is 0 Å². The number of hydrogen-bond acceptors (Lipinski definition) is 3. The molecule has 0 spiro atoms. The van der Waals surface area contributed by atoms with Gasteiger partial charge >= 0.3 is 0 Å². The lowest BCUT2D eigenvalue weighted by molar-refractivity contribution is 0.0950. The van der Waals surface area contributed by atoms with E-state index in [1.165, 1.54) is 0 Å². The molecule has 0 aliphatic rings. The Morgan fingerprint density at radius 3 is 2.89 bits per heavy atom. The predicted octanol–water partition coefficient (Wildman–Crippen LogP) is 1.76. The van der Waals surface area contributed by atoms with E-state index in [-0.39, 0.29) is 17.7 Å². The number of amidine groups is 1. The molecule has 1 unspecified atom stereocenters. The fourth-order valence-corrected chi connectivity index (χ4v) is 1.56. The highest BCUT2D eigenvalue weighted by Gasteiger charge is 2.12. The lowest BCUT2D eigenvalue weighted by Crippen LogP contribution is -2.34. The van der Waals surface area contributed by atoms with Crippen LogP contribution < -0.4 is 11.1 Å². The van der Waals surface area contributed by atoms with Crippen LogP contribution in [0, 0.1) is 12.8 Å². The second-order valence-electron chi connectivity index (χ2n) is 4.10. The third kappa shape index (κ3) is 3.63. The highest BCUT2D eigenvalue weighted by atomic mass is 35.5. The number of nitrogens with two attached hydrogens (primary N) is 1. The van der Waals surface area contributed by atoms with Crippen molar-refractivity contribution in [3.63, 3.8) is 0 Å². The van der Waals surface area contributed by atoms with E-state index < -0.39 is 0 Å². The summed E-state index contributed by atoms with van der Waals surface area (Å²) in [6.07, 6.45) is 0. The first kappa shape index (κ1) is 14.3. The van der Waals surface area contributed by atoms with Crippen molar-refractivity contribution >= 4 is 23.3 Å². The number of hydrogen-bond donors (Lipinski definition) is 3. The average molecular weight is 270 g/mol. The zero-order chi connectivity index (χ0) is 13.7. The molecule has 1 amide bonds. The van der Waals surface area contributed by atoms with Crippen LogP contribution in [0.3, 0.4) is 0 Å². The van der Waals surface area contributed by atoms with Crippen molar-refractivity contribution < 1.29 is 10.0 Å².